The van der Waals surface area contributed by atoms with Crippen molar-refractivity contribution < 1.29 is 19.1 Å². The lowest BCUT2D eigenvalue weighted by atomic mass is 10.1. The molecule has 1 unspecified atom stereocenters. The maximum Gasteiger partial charge on any atom is 0.223 e. The molecule has 3 N–H and O–H groups in total. The number of anilines is 1. The third-order valence-corrected chi connectivity index (χ3v) is 3.35. The molecule has 0 radical (unpaired) electrons. The van der Waals surface area contributed by atoms with Crippen molar-refractivity contribution in [3.63, 3.8) is 0 Å². The highest BCUT2D eigenvalue weighted by atomic mass is 19.1. The van der Waals surface area contributed by atoms with Crippen molar-refractivity contribution in [3.05, 3.63) is 65.5 Å². The lowest BCUT2D eigenvalue weighted by Crippen LogP contribution is -2.24. The summed E-state index contributed by atoms with van der Waals surface area (Å²) in [5, 5.41) is 15.3. The van der Waals surface area contributed by atoms with Gasteiger partial charge in [-0.2, -0.15) is 0 Å². The van der Waals surface area contributed by atoms with E-state index in [1.54, 1.807) is 24.3 Å². The number of carbonyl (C=O) groups excluding carboxylic acids is 2. The fraction of sp³-hybridized carbons (Fsp3) is 0.222. The van der Waals surface area contributed by atoms with Crippen LogP contribution in [0.3, 0.4) is 0 Å². The van der Waals surface area contributed by atoms with Gasteiger partial charge in [0.25, 0.3) is 0 Å². The van der Waals surface area contributed by atoms with E-state index in [2.05, 4.69) is 10.6 Å². The van der Waals surface area contributed by atoms with Crippen LogP contribution in [-0.4, -0.2) is 16.9 Å². The third kappa shape index (κ3) is 5.48. The van der Waals surface area contributed by atoms with Gasteiger partial charge in [-0.25, -0.2) is 4.39 Å². The molecule has 0 aliphatic carbocycles. The van der Waals surface area contributed by atoms with E-state index in [-0.39, 0.29) is 24.8 Å². The predicted octanol–water partition coefficient (Wildman–Crippen LogP) is 2.52. The molecule has 2 aromatic carbocycles. The number of aliphatic hydroxyl groups excluding tert-OH is 1. The third-order valence-electron chi connectivity index (χ3n) is 3.35. The standard InChI is InChI=1S/C18H19FN2O3/c1-12(22)21-16-7-2-4-13(8-16)11-20-18(24)10-17(23)14-5-3-6-15(19)9-14/h2-9,17,23H,10-11H2,1H3,(H,20,24)(H,21,22). The van der Waals surface area contributed by atoms with Crippen LogP contribution in [0.15, 0.2) is 48.5 Å². The van der Waals surface area contributed by atoms with E-state index < -0.39 is 11.9 Å². The van der Waals surface area contributed by atoms with Gasteiger partial charge in [0.1, 0.15) is 5.82 Å². The largest absolute Gasteiger partial charge is 0.388 e. The maximum atomic E-state index is 13.1. The zero-order valence-corrected chi connectivity index (χ0v) is 13.3. The van der Waals surface area contributed by atoms with Crippen molar-refractivity contribution in [1.29, 1.82) is 0 Å². The molecular formula is C18H19FN2O3. The van der Waals surface area contributed by atoms with E-state index in [4.69, 9.17) is 0 Å². The topological polar surface area (TPSA) is 78.4 Å². The van der Waals surface area contributed by atoms with Crippen LogP contribution in [0.25, 0.3) is 0 Å². The van der Waals surface area contributed by atoms with E-state index in [0.717, 1.165) is 5.56 Å². The van der Waals surface area contributed by atoms with Crippen molar-refractivity contribution in [1.82, 2.24) is 5.32 Å². The Kier molecular flexibility index (Phi) is 6.03. The minimum Gasteiger partial charge on any atom is -0.388 e. The fourth-order valence-corrected chi connectivity index (χ4v) is 2.24. The number of aliphatic hydroxyl groups is 1. The average Bonchev–Trinajstić information content (AvgIpc) is 2.52. The molecular weight excluding hydrogens is 311 g/mol. The van der Waals surface area contributed by atoms with Crippen molar-refractivity contribution in [2.45, 2.75) is 26.0 Å². The van der Waals surface area contributed by atoms with Gasteiger partial charge in [0.2, 0.25) is 11.8 Å². The number of hydrogen-bond donors (Lipinski definition) is 3. The molecule has 126 valence electrons. The van der Waals surface area contributed by atoms with Crippen molar-refractivity contribution in [2.24, 2.45) is 0 Å². The Bertz CT molecular complexity index is 734. The summed E-state index contributed by atoms with van der Waals surface area (Å²) in [7, 11) is 0. The first-order valence-electron chi connectivity index (χ1n) is 7.51. The number of halogens is 1. The van der Waals surface area contributed by atoms with E-state index in [1.165, 1.54) is 25.1 Å². The van der Waals surface area contributed by atoms with Gasteiger partial charge in [0, 0.05) is 19.2 Å². The first-order chi connectivity index (χ1) is 11.4. The number of amides is 2. The quantitative estimate of drug-likeness (QED) is 0.761. The van der Waals surface area contributed by atoms with Crippen molar-refractivity contribution in [3.8, 4) is 0 Å². The maximum absolute atomic E-state index is 13.1. The smallest absolute Gasteiger partial charge is 0.223 e. The van der Waals surface area contributed by atoms with Crippen LogP contribution in [-0.2, 0) is 16.1 Å². The van der Waals surface area contributed by atoms with E-state index >= 15 is 0 Å². The summed E-state index contributed by atoms with van der Waals surface area (Å²) in [5.41, 5.74) is 1.82. The zero-order valence-electron chi connectivity index (χ0n) is 13.3. The fourth-order valence-electron chi connectivity index (χ4n) is 2.24. The molecule has 0 heterocycles. The number of carbonyl (C=O) groups is 2. The van der Waals surface area contributed by atoms with Crippen LogP contribution in [0.5, 0.6) is 0 Å². The Balaban J connectivity index is 1.88. The van der Waals surface area contributed by atoms with E-state index in [1.807, 2.05) is 6.07 Å². The SMILES string of the molecule is CC(=O)Nc1cccc(CNC(=O)CC(O)c2cccc(F)c2)c1. The Morgan fingerprint density at radius 2 is 1.92 bits per heavy atom. The predicted molar refractivity (Wildman–Crippen MR) is 88.6 cm³/mol. The average molecular weight is 330 g/mol. The molecule has 0 aromatic heterocycles. The molecule has 2 rings (SSSR count). The summed E-state index contributed by atoms with van der Waals surface area (Å²) in [6, 6.07) is 12.6. The Hall–Kier alpha value is -2.73. The number of hydrogen-bond acceptors (Lipinski definition) is 3. The molecule has 0 bridgehead atoms. The van der Waals surface area contributed by atoms with Crippen molar-refractivity contribution >= 4 is 17.5 Å². The molecule has 0 saturated heterocycles. The summed E-state index contributed by atoms with van der Waals surface area (Å²) in [4.78, 5) is 22.9. The molecule has 0 spiro atoms. The van der Waals surface area contributed by atoms with Gasteiger partial charge >= 0.3 is 0 Å². The highest BCUT2D eigenvalue weighted by molar-refractivity contribution is 5.88. The van der Waals surface area contributed by atoms with Gasteiger partial charge in [-0.05, 0) is 35.4 Å². The highest BCUT2D eigenvalue weighted by Crippen LogP contribution is 2.17. The Labute approximate surface area is 139 Å². The van der Waals surface area contributed by atoms with Crippen LogP contribution in [0, 0.1) is 5.82 Å². The molecule has 6 heteroatoms. The normalized spacial score (nSPS) is 11.6. The molecule has 0 aliphatic rings. The molecule has 24 heavy (non-hydrogen) atoms. The minimum absolute atomic E-state index is 0.158. The molecule has 2 amide bonds. The van der Waals surface area contributed by atoms with Gasteiger partial charge in [0.15, 0.2) is 0 Å². The minimum atomic E-state index is -1.06. The first-order valence-corrected chi connectivity index (χ1v) is 7.51. The summed E-state index contributed by atoms with van der Waals surface area (Å²) >= 11 is 0. The Morgan fingerprint density at radius 1 is 1.17 bits per heavy atom. The summed E-state index contributed by atoms with van der Waals surface area (Å²) in [5.74, 6) is -0.979. The number of nitrogens with one attached hydrogen (secondary N) is 2. The second-order valence-corrected chi connectivity index (χ2v) is 5.43. The lowest BCUT2D eigenvalue weighted by Gasteiger charge is -2.12. The first kappa shape index (κ1) is 17.6. The highest BCUT2D eigenvalue weighted by Gasteiger charge is 2.13. The van der Waals surface area contributed by atoms with Gasteiger partial charge in [-0.15, -0.1) is 0 Å². The second-order valence-electron chi connectivity index (χ2n) is 5.43. The molecule has 5 nitrogen and oxygen atoms in total. The molecule has 1 atom stereocenters. The lowest BCUT2D eigenvalue weighted by molar-refractivity contribution is -0.123. The van der Waals surface area contributed by atoms with Crippen molar-refractivity contribution in [2.75, 3.05) is 5.32 Å². The van der Waals surface area contributed by atoms with Crippen LogP contribution in [0.1, 0.15) is 30.6 Å². The van der Waals surface area contributed by atoms with Gasteiger partial charge in [0.05, 0.1) is 12.5 Å². The van der Waals surface area contributed by atoms with Crippen LogP contribution in [0.4, 0.5) is 10.1 Å². The van der Waals surface area contributed by atoms with E-state index in [9.17, 15) is 19.1 Å². The van der Waals surface area contributed by atoms with Crippen LogP contribution >= 0.6 is 0 Å². The monoisotopic (exact) mass is 330 g/mol. The van der Waals surface area contributed by atoms with Gasteiger partial charge < -0.3 is 15.7 Å². The number of rotatable bonds is 6. The van der Waals surface area contributed by atoms with Crippen LogP contribution < -0.4 is 10.6 Å². The summed E-state index contributed by atoms with van der Waals surface area (Å²) in [6.45, 7) is 1.68. The zero-order chi connectivity index (χ0) is 17.5. The second kappa shape index (κ2) is 8.21. The number of benzene rings is 2. The van der Waals surface area contributed by atoms with Gasteiger partial charge in [-0.1, -0.05) is 24.3 Å². The molecule has 0 aliphatic heterocycles. The van der Waals surface area contributed by atoms with Gasteiger partial charge in [-0.3, -0.25) is 9.59 Å². The molecule has 0 saturated carbocycles. The molecule has 0 fully saturated rings. The Morgan fingerprint density at radius 3 is 2.62 bits per heavy atom. The summed E-state index contributed by atoms with van der Waals surface area (Å²) < 4.78 is 13.1. The van der Waals surface area contributed by atoms with Crippen LogP contribution in [0.2, 0.25) is 0 Å². The van der Waals surface area contributed by atoms with E-state index in [0.29, 0.717) is 11.3 Å². The molecule has 2 aromatic rings. The summed E-state index contributed by atoms with van der Waals surface area (Å²) in [6.07, 6.45) is -1.22.